The van der Waals surface area contributed by atoms with E-state index in [2.05, 4.69) is 36.5 Å². The summed E-state index contributed by atoms with van der Waals surface area (Å²) in [6.45, 7) is 4.62. The van der Waals surface area contributed by atoms with Gasteiger partial charge in [-0.25, -0.2) is 0 Å². The highest BCUT2D eigenvalue weighted by molar-refractivity contribution is 6.90. The SMILES string of the molecule is C=C[Si]1(c2ccccc2)CCCC(CN)O1. The highest BCUT2D eigenvalue weighted by atomic mass is 28.4. The molecule has 0 aliphatic carbocycles. The van der Waals surface area contributed by atoms with Crippen LogP contribution in [0, 0.1) is 0 Å². The third kappa shape index (κ3) is 2.12. The van der Waals surface area contributed by atoms with Gasteiger partial charge in [-0.1, -0.05) is 42.5 Å². The van der Waals surface area contributed by atoms with Crippen molar-refractivity contribution in [3.63, 3.8) is 0 Å². The van der Waals surface area contributed by atoms with Gasteiger partial charge < -0.3 is 10.2 Å². The van der Waals surface area contributed by atoms with Crippen LogP contribution in [-0.4, -0.2) is 21.0 Å². The molecule has 1 aromatic rings. The Morgan fingerprint density at radius 3 is 2.81 bits per heavy atom. The summed E-state index contributed by atoms with van der Waals surface area (Å²) < 4.78 is 6.25. The molecule has 86 valence electrons. The molecule has 0 saturated carbocycles. The molecule has 0 bridgehead atoms. The normalized spacial score (nSPS) is 29.9. The Morgan fingerprint density at radius 2 is 2.19 bits per heavy atom. The highest BCUT2D eigenvalue weighted by Crippen LogP contribution is 2.26. The zero-order valence-corrected chi connectivity index (χ0v) is 10.6. The van der Waals surface area contributed by atoms with E-state index in [1.807, 2.05) is 6.07 Å². The average Bonchev–Trinajstić information content (AvgIpc) is 2.39. The van der Waals surface area contributed by atoms with Crippen LogP contribution in [0.5, 0.6) is 0 Å². The van der Waals surface area contributed by atoms with Crippen molar-refractivity contribution in [3.8, 4) is 0 Å². The van der Waals surface area contributed by atoms with Crippen LogP contribution in [0.15, 0.2) is 42.6 Å². The van der Waals surface area contributed by atoms with E-state index in [9.17, 15) is 0 Å². The molecular formula is C13H19NOSi. The van der Waals surface area contributed by atoms with Gasteiger partial charge in [-0.05, 0) is 17.7 Å². The molecule has 0 aromatic heterocycles. The summed E-state index contributed by atoms with van der Waals surface area (Å²) in [5.74, 6) is 0. The van der Waals surface area contributed by atoms with E-state index in [0.717, 1.165) is 12.5 Å². The summed E-state index contributed by atoms with van der Waals surface area (Å²) in [4.78, 5) is 0. The van der Waals surface area contributed by atoms with Gasteiger partial charge in [0.1, 0.15) is 0 Å². The number of benzene rings is 1. The molecule has 16 heavy (non-hydrogen) atoms. The maximum atomic E-state index is 6.25. The van der Waals surface area contributed by atoms with Crippen LogP contribution >= 0.6 is 0 Å². The largest absolute Gasteiger partial charge is 0.404 e. The third-order valence-corrected chi connectivity index (χ3v) is 7.13. The minimum Gasteiger partial charge on any atom is -0.404 e. The lowest BCUT2D eigenvalue weighted by molar-refractivity contribution is 0.174. The first-order chi connectivity index (χ1) is 7.80. The van der Waals surface area contributed by atoms with E-state index in [1.54, 1.807) is 0 Å². The first kappa shape index (κ1) is 11.6. The molecule has 2 rings (SSSR count). The van der Waals surface area contributed by atoms with Crippen LogP contribution < -0.4 is 10.9 Å². The van der Waals surface area contributed by atoms with Crippen molar-refractivity contribution in [1.29, 1.82) is 0 Å². The molecule has 0 amide bonds. The van der Waals surface area contributed by atoms with Gasteiger partial charge in [0.05, 0.1) is 6.10 Å². The molecule has 3 heteroatoms. The second-order valence-electron chi connectivity index (χ2n) is 4.33. The van der Waals surface area contributed by atoms with Gasteiger partial charge in [0.15, 0.2) is 0 Å². The van der Waals surface area contributed by atoms with Crippen LogP contribution in [0.1, 0.15) is 12.8 Å². The summed E-state index contributed by atoms with van der Waals surface area (Å²) in [5.41, 5.74) is 7.78. The Bertz CT molecular complexity index is 354. The van der Waals surface area contributed by atoms with Crippen molar-refractivity contribution in [2.24, 2.45) is 5.73 Å². The summed E-state index contributed by atoms with van der Waals surface area (Å²) in [7, 11) is -1.93. The zero-order valence-electron chi connectivity index (χ0n) is 9.56. The van der Waals surface area contributed by atoms with Crippen LogP contribution in [0.25, 0.3) is 0 Å². The average molecular weight is 233 g/mol. The van der Waals surface area contributed by atoms with E-state index < -0.39 is 8.32 Å². The van der Waals surface area contributed by atoms with Gasteiger partial charge in [-0.15, -0.1) is 6.58 Å². The molecule has 1 aliphatic heterocycles. The van der Waals surface area contributed by atoms with E-state index in [1.165, 1.54) is 11.6 Å². The van der Waals surface area contributed by atoms with E-state index >= 15 is 0 Å². The molecule has 1 saturated heterocycles. The molecule has 2 unspecified atom stereocenters. The second-order valence-corrected chi connectivity index (χ2v) is 7.83. The molecular weight excluding hydrogens is 214 g/mol. The van der Waals surface area contributed by atoms with Crippen molar-refractivity contribution >= 4 is 13.5 Å². The van der Waals surface area contributed by atoms with Crippen LogP contribution in [-0.2, 0) is 4.43 Å². The van der Waals surface area contributed by atoms with Gasteiger partial charge in [0.2, 0.25) is 8.32 Å². The summed E-state index contributed by atoms with van der Waals surface area (Å²) in [5, 5.41) is 1.32. The molecule has 2 atom stereocenters. The maximum absolute atomic E-state index is 6.25. The lowest BCUT2D eigenvalue weighted by Crippen LogP contribution is -2.55. The highest BCUT2D eigenvalue weighted by Gasteiger charge is 2.38. The van der Waals surface area contributed by atoms with Gasteiger partial charge in [0.25, 0.3) is 0 Å². The molecule has 2 N–H and O–H groups in total. The van der Waals surface area contributed by atoms with E-state index in [0.29, 0.717) is 6.54 Å². The molecule has 0 radical (unpaired) electrons. The summed E-state index contributed by atoms with van der Waals surface area (Å²) in [6, 6.07) is 11.6. The molecule has 1 aromatic carbocycles. The number of hydrogen-bond acceptors (Lipinski definition) is 2. The van der Waals surface area contributed by atoms with Crippen molar-refractivity contribution in [3.05, 3.63) is 42.6 Å². The molecule has 1 heterocycles. The minimum absolute atomic E-state index is 0.221. The number of hydrogen-bond donors (Lipinski definition) is 1. The Labute approximate surface area is 98.2 Å². The molecule has 1 aliphatic rings. The fraction of sp³-hybridized carbons (Fsp3) is 0.385. The van der Waals surface area contributed by atoms with Gasteiger partial charge in [0, 0.05) is 6.54 Å². The fourth-order valence-electron chi connectivity index (χ4n) is 2.37. The topological polar surface area (TPSA) is 35.2 Å². The lowest BCUT2D eigenvalue weighted by Gasteiger charge is -2.37. The summed E-state index contributed by atoms with van der Waals surface area (Å²) >= 11 is 0. The lowest BCUT2D eigenvalue weighted by atomic mass is 10.2. The third-order valence-electron chi connectivity index (χ3n) is 3.31. The van der Waals surface area contributed by atoms with Gasteiger partial charge in [-0.3, -0.25) is 0 Å². The predicted molar refractivity (Wildman–Crippen MR) is 70.0 cm³/mol. The van der Waals surface area contributed by atoms with Gasteiger partial charge in [-0.2, -0.15) is 0 Å². The van der Waals surface area contributed by atoms with Crippen molar-refractivity contribution < 1.29 is 4.43 Å². The first-order valence-corrected chi connectivity index (χ1v) is 8.07. The van der Waals surface area contributed by atoms with Crippen molar-refractivity contribution in [1.82, 2.24) is 0 Å². The second kappa shape index (κ2) is 4.95. The zero-order chi connectivity index (χ0) is 11.4. The fourth-order valence-corrected chi connectivity index (χ4v) is 5.75. The maximum Gasteiger partial charge on any atom is 0.248 e. The van der Waals surface area contributed by atoms with E-state index in [4.69, 9.17) is 10.2 Å². The van der Waals surface area contributed by atoms with Crippen LogP contribution in [0.4, 0.5) is 0 Å². The smallest absolute Gasteiger partial charge is 0.248 e. The van der Waals surface area contributed by atoms with Gasteiger partial charge >= 0.3 is 0 Å². The standard InChI is InChI=1S/C13H19NOSi/c1-2-16(13-8-4-3-5-9-13)10-6-7-12(11-14)15-16/h2-5,8-9,12H,1,6-7,10-11,14H2. The predicted octanol–water partition coefficient (Wildman–Crippen LogP) is 1.70. The first-order valence-electron chi connectivity index (χ1n) is 5.88. The number of nitrogens with two attached hydrogens (primary N) is 1. The van der Waals surface area contributed by atoms with Crippen molar-refractivity contribution in [2.75, 3.05) is 6.54 Å². The Morgan fingerprint density at radius 1 is 1.44 bits per heavy atom. The minimum atomic E-state index is -1.93. The van der Waals surface area contributed by atoms with Crippen LogP contribution in [0.2, 0.25) is 6.04 Å². The Hall–Kier alpha value is -0.903. The monoisotopic (exact) mass is 233 g/mol. The summed E-state index contributed by atoms with van der Waals surface area (Å²) in [6.07, 6.45) is 2.51. The molecule has 0 spiro atoms. The molecule has 1 fully saturated rings. The Balaban J connectivity index is 2.28. The van der Waals surface area contributed by atoms with Crippen molar-refractivity contribution in [2.45, 2.75) is 25.0 Å². The van der Waals surface area contributed by atoms with E-state index in [-0.39, 0.29) is 6.10 Å². The quantitative estimate of drug-likeness (QED) is 0.807. The Kier molecular flexibility index (Phi) is 3.58. The van der Waals surface area contributed by atoms with Crippen LogP contribution in [0.3, 0.4) is 0 Å². The molecule has 2 nitrogen and oxygen atoms in total. The number of rotatable bonds is 3.